The number of nitrogens with zero attached hydrogens (tertiary/aromatic N) is 1. The molecule has 1 saturated carbocycles. The fourth-order valence-electron chi connectivity index (χ4n) is 3.51. The summed E-state index contributed by atoms with van der Waals surface area (Å²) in [7, 11) is 0. The van der Waals surface area contributed by atoms with Crippen molar-refractivity contribution in [2.24, 2.45) is 11.8 Å². The Morgan fingerprint density at radius 1 is 1.53 bits per heavy atom. The molecule has 90 valence electrons. The molecule has 4 atom stereocenters. The fourth-order valence-corrected chi connectivity index (χ4v) is 3.51. The molecule has 0 unspecified atom stereocenters. The van der Waals surface area contributed by atoms with Crippen molar-refractivity contribution in [3.63, 3.8) is 0 Å². The van der Waals surface area contributed by atoms with Crippen molar-refractivity contribution >= 4 is 11.9 Å². The van der Waals surface area contributed by atoms with E-state index in [9.17, 15) is 14.7 Å². The summed E-state index contributed by atoms with van der Waals surface area (Å²) in [6.07, 6.45) is 5.38. The second-order valence-corrected chi connectivity index (χ2v) is 5.44. The first-order valence-electron chi connectivity index (χ1n) is 6.03. The van der Waals surface area contributed by atoms with Crippen molar-refractivity contribution in [1.29, 1.82) is 0 Å². The second-order valence-electron chi connectivity index (χ2n) is 5.44. The minimum absolute atomic E-state index is 0.0215. The maximum atomic E-state index is 12.3. The molecule has 17 heavy (non-hydrogen) atoms. The number of hydrogen-bond donors (Lipinski definition) is 1. The van der Waals surface area contributed by atoms with Gasteiger partial charge in [0.15, 0.2) is 0 Å². The molecule has 1 aliphatic carbocycles. The predicted molar refractivity (Wildman–Crippen MR) is 56.1 cm³/mol. The van der Waals surface area contributed by atoms with E-state index in [0.29, 0.717) is 12.6 Å². The van der Waals surface area contributed by atoms with Gasteiger partial charge in [0.1, 0.15) is 11.5 Å². The van der Waals surface area contributed by atoms with Crippen LogP contribution in [0.5, 0.6) is 0 Å². The topological polar surface area (TPSA) is 66.8 Å². The molecule has 2 bridgehead atoms. The number of amides is 1. The molecule has 1 N–H and O–H groups in total. The van der Waals surface area contributed by atoms with Gasteiger partial charge in [-0.1, -0.05) is 12.2 Å². The van der Waals surface area contributed by atoms with Crippen LogP contribution < -0.4 is 0 Å². The number of hydrogen-bond acceptors (Lipinski definition) is 3. The summed E-state index contributed by atoms with van der Waals surface area (Å²) in [6, 6.07) is 0.327. The number of carbonyl (C=O) groups excluding carboxylic acids is 1. The number of carboxylic acids is 1. The molecule has 4 rings (SSSR count). The molecule has 0 radical (unpaired) electrons. The molecule has 0 aromatic rings. The van der Waals surface area contributed by atoms with Crippen LogP contribution in [0.25, 0.3) is 0 Å². The third kappa shape index (κ3) is 1.03. The Hall–Kier alpha value is -1.36. The Labute approximate surface area is 98.0 Å². The van der Waals surface area contributed by atoms with Gasteiger partial charge in [-0.05, 0) is 12.8 Å². The van der Waals surface area contributed by atoms with Gasteiger partial charge >= 0.3 is 5.97 Å². The second kappa shape index (κ2) is 2.72. The third-order valence-corrected chi connectivity index (χ3v) is 4.40. The van der Waals surface area contributed by atoms with E-state index >= 15 is 0 Å². The number of likely N-dealkylation sites (tertiary alicyclic amines) is 1. The number of ether oxygens (including phenoxy) is 1. The number of fused-ring (bicyclic) bond motifs is 1. The fraction of sp³-hybridized carbons (Fsp3) is 0.667. The van der Waals surface area contributed by atoms with E-state index in [1.807, 2.05) is 11.0 Å². The molecule has 3 fully saturated rings. The van der Waals surface area contributed by atoms with E-state index in [-0.39, 0.29) is 5.91 Å². The monoisotopic (exact) mass is 235 g/mol. The van der Waals surface area contributed by atoms with Crippen LogP contribution in [0.15, 0.2) is 12.2 Å². The maximum Gasteiger partial charge on any atom is 0.310 e. The lowest BCUT2D eigenvalue weighted by Crippen LogP contribution is -2.39. The number of carboxylic acid groups (broad SMARTS) is 1. The summed E-state index contributed by atoms with van der Waals surface area (Å²) in [4.78, 5) is 25.4. The van der Waals surface area contributed by atoms with Crippen LogP contribution in [0.3, 0.4) is 0 Å². The van der Waals surface area contributed by atoms with Crippen LogP contribution in [-0.4, -0.2) is 46.2 Å². The smallest absolute Gasteiger partial charge is 0.310 e. The molecule has 1 spiro atoms. The van der Waals surface area contributed by atoms with Crippen LogP contribution in [0.1, 0.15) is 12.8 Å². The molecular formula is C12H13NO4. The molecule has 4 aliphatic rings. The Kier molecular flexibility index (Phi) is 1.54. The molecule has 0 aromatic carbocycles. The average Bonchev–Trinajstić information content (AvgIpc) is 2.89. The van der Waals surface area contributed by atoms with Gasteiger partial charge in [0.2, 0.25) is 5.91 Å². The first-order valence-corrected chi connectivity index (χ1v) is 6.03. The highest BCUT2D eigenvalue weighted by Gasteiger charge is 2.68. The van der Waals surface area contributed by atoms with Gasteiger partial charge in [-0.25, -0.2) is 0 Å². The molecule has 1 amide bonds. The largest absolute Gasteiger partial charge is 0.481 e. The van der Waals surface area contributed by atoms with Gasteiger partial charge in [-0.15, -0.1) is 0 Å². The van der Waals surface area contributed by atoms with Crippen molar-refractivity contribution in [2.75, 3.05) is 6.54 Å². The molecule has 5 heteroatoms. The zero-order valence-corrected chi connectivity index (χ0v) is 9.20. The highest BCUT2D eigenvalue weighted by molar-refractivity contribution is 5.91. The van der Waals surface area contributed by atoms with Gasteiger partial charge in [-0.3, -0.25) is 9.59 Å². The highest BCUT2D eigenvalue weighted by Crippen LogP contribution is 2.53. The van der Waals surface area contributed by atoms with Gasteiger partial charge in [0.05, 0.1) is 18.6 Å². The standard InChI is InChI=1S/C12H13NO4/c14-10-9-8(11(15)16)7-3-4-12(9,17-7)5-13(10)6-1-2-6/h3-4,6-9H,1-2,5H2,(H,15,16)/t7-,8-,9-,12+/m1/s1. The number of aliphatic carboxylic acids is 1. The summed E-state index contributed by atoms with van der Waals surface area (Å²) in [5.41, 5.74) is -0.645. The van der Waals surface area contributed by atoms with Crippen molar-refractivity contribution in [3.05, 3.63) is 12.2 Å². The lowest BCUT2D eigenvalue weighted by atomic mass is 9.77. The summed E-state index contributed by atoms with van der Waals surface area (Å²) < 4.78 is 5.78. The van der Waals surface area contributed by atoms with Crippen LogP contribution in [0.2, 0.25) is 0 Å². The lowest BCUT2D eigenvalue weighted by molar-refractivity contribution is -0.148. The number of carbonyl (C=O) groups is 2. The van der Waals surface area contributed by atoms with E-state index in [4.69, 9.17) is 4.74 Å². The van der Waals surface area contributed by atoms with Crippen LogP contribution in [0.4, 0.5) is 0 Å². The number of rotatable bonds is 2. The van der Waals surface area contributed by atoms with Crippen molar-refractivity contribution in [1.82, 2.24) is 4.90 Å². The van der Waals surface area contributed by atoms with Crippen LogP contribution in [-0.2, 0) is 14.3 Å². The predicted octanol–water partition coefficient (Wildman–Crippen LogP) is 0.0154. The molecule has 2 saturated heterocycles. The Bertz CT molecular complexity index is 455. The summed E-state index contributed by atoms with van der Waals surface area (Å²) >= 11 is 0. The molecule has 3 aliphatic heterocycles. The maximum absolute atomic E-state index is 12.3. The molecular weight excluding hydrogens is 222 g/mol. The zero-order chi connectivity index (χ0) is 11.8. The molecule has 3 heterocycles. The molecule has 0 aromatic heterocycles. The quantitative estimate of drug-likeness (QED) is 0.685. The van der Waals surface area contributed by atoms with Gasteiger partial charge < -0.3 is 14.7 Å². The van der Waals surface area contributed by atoms with Crippen LogP contribution in [0, 0.1) is 11.8 Å². The third-order valence-electron chi connectivity index (χ3n) is 4.40. The van der Waals surface area contributed by atoms with Crippen LogP contribution >= 0.6 is 0 Å². The first kappa shape index (κ1) is 9.65. The highest BCUT2D eigenvalue weighted by atomic mass is 16.5. The first-order chi connectivity index (χ1) is 8.12. The average molecular weight is 235 g/mol. The minimum atomic E-state index is -0.919. The Morgan fingerprint density at radius 2 is 2.29 bits per heavy atom. The van der Waals surface area contributed by atoms with Crippen molar-refractivity contribution < 1.29 is 19.4 Å². The molecule has 5 nitrogen and oxygen atoms in total. The summed E-state index contributed by atoms with van der Waals surface area (Å²) in [5, 5.41) is 9.25. The van der Waals surface area contributed by atoms with Crippen molar-refractivity contribution in [3.8, 4) is 0 Å². The summed E-state index contributed by atoms with van der Waals surface area (Å²) in [5.74, 6) is -2.14. The SMILES string of the molecule is O=C(O)[C@@H]1[C@H]2C=C[C@@]3(CN(C4CC4)C(=O)[C@@H]13)O2. The van der Waals surface area contributed by atoms with E-state index < -0.39 is 29.5 Å². The minimum Gasteiger partial charge on any atom is -0.481 e. The Balaban J connectivity index is 1.76. The van der Waals surface area contributed by atoms with Gasteiger partial charge in [-0.2, -0.15) is 0 Å². The van der Waals surface area contributed by atoms with Gasteiger partial charge in [0.25, 0.3) is 0 Å². The zero-order valence-electron chi connectivity index (χ0n) is 9.20. The van der Waals surface area contributed by atoms with Crippen molar-refractivity contribution in [2.45, 2.75) is 30.6 Å². The normalized spacial score (nSPS) is 46.7. The lowest BCUT2D eigenvalue weighted by Gasteiger charge is -2.21. The van der Waals surface area contributed by atoms with E-state index in [2.05, 4.69) is 0 Å². The van der Waals surface area contributed by atoms with E-state index in [1.54, 1.807) is 6.08 Å². The Morgan fingerprint density at radius 3 is 2.94 bits per heavy atom. The van der Waals surface area contributed by atoms with E-state index in [1.165, 1.54) is 0 Å². The van der Waals surface area contributed by atoms with Gasteiger partial charge in [0, 0.05) is 6.04 Å². The van der Waals surface area contributed by atoms with E-state index in [0.717, 1.165) is 12.8 Å². The summed E-state index contributed by atoms with van der Waals surface area (Å²) in [6.45, 7) is 0.540.